The molecule has 0 saturated carbocycles. The molecule has 86 valence electrons. The zero-order chi connectivity index (χ0) is 12.3. The summed E-state index contributed by atoms with van der Waals surface area (Å²) in [5.41, 5.74) is 6.20. The topological polar surface area (TPSA) is 43.1 Å². The minimum atomic E-state index is -0.868. The van der Waals surface area contributed by atoms with E-state index in [4.69, 9.17) is 18.0 Å². The molecule has 2 N–H and O–H groups in total. The zero-order valence-corrected chi connectivity index (χ0v) is 11.0. The quantitative estimate of drug-likeness (QED) is 0.492. The highest BCUT2D eigenvalue weighted by Crippen LogP contribution is 2.29. The van der Waals surface area contributed by atoms with Crippen LogP contribution < -0.4 is 5.73 Å². The third-order valence-corrected chi connectivity index (χ3v) is 3.71. The van der Waals surface area contributed by atoms with Gasteiger partial charge in [0.25, 0.3) is 0 Å². The average Bonchev–Trinajstić information content (AvgIpc) is 2.28. The molecule has 0 aliphatic carbocycles. The molecule has 1 aromatic carbocycles. The van der Waals surface area contributed by atoms with Gasteiger partial charge in [-0.25, -0.2) is 0 Å². The monoisotopic (exact) mass is 253 g/mol. The number of hydrogen-bond acceptors (Lipinski definition) is 3. The smallest absolute Gasteiger partial charge is 0.179 e. The van der Waals surface area contributed by atoms with Crippen molar-refractivity contribution in [1.29, 1.82) is 0 Å². The molecule has 0 saturated heterocycles. The van der Waals surface area contributed by atoms with Gasteiger partial charge in [0.2, 0.25) is 0 Å². The van der Waals surface area contributed by atoms with Crippen molar-refractivity contribution >= 4 is 35.6 Å². The Morgan fingerprint density at radius 2 is 1.94 bits per heavy atom. The van der Waals surface area contributed by atoms with Crippen LogP contribution in [-0.4, -0.2) is 15.5 Å². The second kappa shape index (κ2) is 4.97. The van der Waals surface area contributed by atoms with E-state index in [1.165, 1.54) is 0 Å². The molecule has 0 aliphatic rings. The van der Waals surface area contributed by atoms with Gasteiger partial charge in [-0.15, -0.1) is 0 Å². The lowest BCUT2D eigenvalue weighted by atomic mass is 9.87. The second-order valence-corrected chi connectivity index (χ2v) is 5.37. The number of carbonyl (C=O) groups excluding carboxylic acids is 1. The number of carbonyl (C=O) groups is 1. The van der Waals surface area contributed by atoms with Crippen molar-refractivity contribution in [3.63, 3.8) is 0 Å². The van der Waals surface area contributed by atoms with Gasteiger partial charge in [-0.1, -0.05) is 49.5 Å². The highest BCUT2D eigenvalue weighted by Gasteiger charge is 2.37. The number of rotatable bonds is 4. The van der Waals surface area contributed by atoms with E-state index in [0.717, 1.165) is 0 Å². The van der Waals surface area contributed by atoms with Crippen molar-refractivity contribution in [2.75, 3.05) is 0 Å². The number of nitrogens with two attached hydrogens (primary N) is 1. The second-order valence-electron chi connectivity index (χ2n) is 3.97. The lowest BCUT2D eigenvalue weighted by Crippen LogP contribution is -2.42. The summed E-state index contributed by atoms with van der Waals surface area (Å²) < 4.78 is -0.868. The molecule has 2 unspecified atom stereocenters. The lowest BCUT2D eigenvalue weighted by Gasteiger charge is -2.28. The fraction of sp³-hybridized carbons (Fsp3) is 0.333. The van der Waals surface area contributed by atoms with Crippen LogP contribution in [0.25, 0.3) is 0 Å². The summed E-state index contributed by atoms with van der Waals surface area (Å²) in [5, 5.41) is 0. The third-order valence-electron chi connectivity index (χ3n) is 2.77. The number of Topliss-reactive ketones (excluding diaryl/α,β-unsaturated/α-hetero) is 1. The first-order chi connectivity index (χ1) is 7.37. The van der Waals surface area contributed by atoms with Crippen molar-refractivity contribution in [3.8, 4) is 0 Å². The molecule has 0 spiro atoms. The molecule has 2 atom stereocenters. The van der Waals surface area contributed by atoms with Gasteiger partial charge in [0.1, 0.15) is 0 Å². The Hall–Kier alpha value is -0.870. The van der Waals surface area contributed by atoms with Crippen LogP contribution in [0.5, 0.6) is 0 Å². The van der Waals surface area contributed by atoms with Gasteiger partial charge >= 0.3 is 0 Å². The highest BCUT2D eigenvalue weighted by molar-refractivity contribution is 7.83. The first-order valence-electron chi connectivity index (χ1n) is 4.99. The van der Waals surface area contributed by atoms with Gasteiger partial charge in [0, 0.05) is 11.5 Å². The molecule has 1 aromatic rings. The van der Waals surface area contributed by atoms with Crippen LogP contribution in [0.15, 0.2) is 30.3 Å². The van der Waals surface area contributed by atoms with E-state index < -0.39 is 4.75 Å². The molecule has 0 fully saturated rings. The Kier molecular flexibility index (Phi) is 4.10. The molecule has 16 heavy (non-hydrogen) atoms. The van der Waals surface area contributed by atoms with Crippen molar-refractivity contribution in [3.05, 3.63) is 35.9 Å². The predicted molar refractivity (Wildman–Crippen MR) is 74.1 cm³/mol. The number of benzene rings is 1. The van der Waals surface area contributed by atoms with Crippen LogP contribution in [0.2, 0.25) is 0 Å². The number of hydrogen-bond donors (Lipinski definition) is 2. The summed E-state index contributed by atoms with van der Waals surface area (Å²) in [6.45, 7) is 3.56. The van der Waals surface area contributed by atoms with Gasteiger partial charge in [-0.3, -0.25) is 4.79 Å². The van der Waals surface area contributed by atoms with Gasteiger partial charge in [0.05, 0.1) is 9.74 Å². The molecule has 0 aliphatic heterocycles. The van der Waals surface area contributed by atoms with Gasteiger partial charge in [-0.2, -0.15) is 12.6 Å². The lowest BCUT2D eigenvalue weighted by molar-refractivity contribution is 0.0938. The molecule has 1 rings (SSSR count). The maximum atomic E-state index is 12.2. The summed E-state index contributed by atoms with van der Waals surface area (Å²) in [4.78, 5) is 12.5. The van der Waals surface area contributed by atoms with Gasteiger partial charge < -0.3 is 5.73 Å². The van der Waals surface area contributed by atoms with E-state index in [1.807, 2.05) is 25.1 Å². The summed E-state index contributed by atoms with van der Waals surface area (Å²) in [5.74, 6) is -0.310. The minimum Gasteiger partial charge on any atom is -0.393 e. The van der Waals surface area contributed by atoms with Crippen LogP contribution in [0.1, 0.15) is 24.2 Å². The molecule has 4 heteroatoms. The molecule has 0 amide bonds. The number of thiocarbonyl (C=S) groups is 1. The van der Waals surface area contributed by atoms with Crippen molar-refractivity contribution in [2.45, 2.75) is 18.6 Å². The first-order valence-corrected chi connectivity index (χ1v) is 5.84. The normalized spacial score (nSPS) is 16.2. The van der Waals surface area contributed by atoms with Crippen molar-refractivity contribution in [1.82, 2.24) is 0 Å². The summed E-state index contributed by atoms with van der Waals surface area (Å²) >= 11 is 9.32. The molecular weight excluding hydrogens is 238 g/mol. The van der Waals surface area contributed by atoms with Crippen molar-refractivity contribution < 1.29 is 4.79 Å². The Morgan fingerprint density at radius 1 is 1.44 bits per heavy atom. The van der Waals surface area contributed by atoms with Crippen molar-refractivity contribution in [2.24, 2.45) is 11.7 Å². The zero-order valence-electron chi connectivity index (χ0n) is 9.31. The largest absolute Gasteiger partial charge is 0.393 e. The molecule has 0 radical (unpaired) electrons. The molecule has 0 heterocycles. The van der Waals surface area contributed by atoms with E-state index >= 15 is 0 Å². The van der Waals surface area contributed by atoms with Gasteiger partial charge in [-0.05, 0) is 6.92 Å². The summed E-state index contributed by atoms with van der Waals surface area (Å²) in [6.07, 6.45) is 0. The fourth-order valence-electron chi connectivity index (χ4n) is 1.36. The minimum absolute atomic E-state index is 0.0586. The summed E-state index contributed by atoms with van der Waals surface area (Å²) in [6, 6.07) is 9.04. The maximum absolute atomic E-state index is 12.2. The summed E-state index contributed by atoms with van der Waals surface area (Å²) in [7, 11) is 0. The Balaban J connectivity index is 3.01. The standard InChI is InChI=1S/C12H15NOS2/c1-8(11(13)15)12(2,16)10(14)9-6-4-3-5-7-9/h3-8,16H,1-2H3,(H2,13,15). The van der Waals surface area contributed by atoms with E-state index in [-0.39, 0.29) is 11.7 Å². The van der Waals surface area contributed by atoms with Gasteiger partial charge in [0.15, 0.2) is 5.78 Å². The van der Waals surface area contributed by atoms with E-state index in [0.29, 0.717) is 10.6 Å². The molecule has 2 nitrogen and oxygen atoms in total. The first kappa shape index (κ1) is 13.2. The maximum Gasteiger partial charge on any atom is 0.179 e. The highest BCUT2D eigenvalue weighted by atomic mass is 32.1. The fourth-order valence-corrected chi connectivity index (χ4v) is 1.95. The molecule has 0 aromatic heterocycles. The van der Waals surface area contributed by atoms with E-state index in [9.17, 15) is 4.79 Å². The van der Waals surface area contributed by atoms with Crippen LogP contribution >= 0.6 is 24.8 Å². The number of thiol groups is 1. The molecule has 0 bridgehead atoms. The Morgan fingerprint density at radius 3 is 2.38 bits per heavy atom. The third kappa shape index (κ3) is 2.62. The number of ketones is 1. The Labute approximate surface area is 107 Å². The Bertz CT molecular complexity index is 401. The average molecular weight is 253 g/mol. The van der Waals surface area contributed by atoms with E-state index in [1.54, 1.807) is 19.1 Å². The van der Waals surface area contributed by atoms with Crippen LogP contribution in [0, 0.1) is 5.92 Å². The molecular formula is C12H15NOS2. The SMILES string of the molecule is CC(C(N)=S)C(C)(S)C(=O)c1ccccc1. The van der Waals surface area contributed by atoms with Crippen LogP contribution in [-0.2, 0) is 0 Å². The van der Waals surface area contributed by atoms with Crippen LogP contribution in [0.4, 0.5) is 0 Å². The predicted octanol–water partition coefficient (Wildman–Crippen LogP) is 2.48. The van der Waals surface area contributed by atoms with E-state index in [2.05, 4.69) is 12.6 Å². The van der Waals surface area contributed by atoms with Crippen LogP contribution in [0.3, 0.4) is 0 Å².